The fourth-order valence-corrected chi connectivity index (χ4v) is 1.13. The highest BCUT2D eigenvalue weighted by Gasteiger charge is 1.98. The van der Waals surface area contributed by atoms with Gasteiger partial charge in [-0.05, 0) is 33.3 Å². The number of carbonyl (C=O) groups is 1. The summed E-state index contributed by atoms with van der Waals surface area (Å²) >= 11 is 0. The van der Waals surface area contributed by atoms with Gasteiger partial charge in [0.1, 0.15) is 0 Å². The molecule has 18 heavy (non-hydrogen) atoms. The highest BCUT2D eigenvalue weighted by molar-refractivity contribution is 5.70. The van der Waals surface area contributed by atoms with E-state index in [1.807, 2.05) is 45.9 Å². The van der Waals surface area contributed by atoms with E-state index in [2.05, 4.69) is 18.7 Å². The number of hydrogen-bond donors (Lipinski definition) is 1. The lowest BCUT2D eigenvalue weighted by molar-refractivity contribution is -0.136. The molecule has 2 heteroatoms. The van der Waals surface area contributed by atoms with Crippen LogP contribution < -0.4 is 0 Å². The van der Waals surface area contributed by atoms with E-state index in [1.54, 1.807) is 0 Å². The van der Waals surface area contributed by atoms with Gasteiger partial charge in [-0.15, -0.1) is 0 Å². The first-order chi connectivity index (χ1) is 8.34. The maximum atomic E-state index is 10.1. The average molecular weight is 246 g/mol. The van der Waals surface area contributed by atoms with Gasteiger partial charge >= 0.3 is 5.97 Å². The number of carboxylic acid groups (broad SMARTS) is 1. The minimum absolute atomic E-state index is 0.169. The minimum Gasteiger partial charge on any atom is -0.481 e. The van der Waals surface area contributed by atoms with Crippen LogP contribution in [0.1, 0.15) is 39.7 Å². The third-order valence-corrected chi connectivity index (χ3v) is 2.54. The summed E-state index contributed by atoms with van der Waals surface area (Å²) in [5, 5.41) is 8.30. The van der Waals surface area contributed by atoms with E-state index >= 15 is 0 Å². The van der Waals surface area contributed by atoms with Crippen molar-refractivity contribution in [3.8, 4) is 0 Å². The number of benzene rings is 1. The average Bonchev–Trinajstić information content (AvgIpc) is 2.30. The zero-order valence-electron chi connectivity index (χ0n) is 11.7. The molecule has 0 aliphatic carbocycles. The number of hydrogen-bond acceptors (Lipinski definition) is 1. The quantitative estimate of drug-likeness (QED) is 0.795. The first-order valence-electron chi connectivity index (χ1n) is 5.90. The fraction of sp³-hybridized carbons (Fsp3) is 0.312. The standard InChI is InChI=1S/C9H10.C7H12O2/c1-8(2)9-6-4-3-5-7-9;1-5(2)6(3)4-7(8)9/h3-7H,1H2,2H3;4H2,1-3H3,(H,8,9). The Labute approximate surface area is 110 Å². The first-order valence-corrected chi connectivity index (χ1v) is 5.90. The molecular formula is C16H22O2. The summed E-state index contributed by atoms with van der Waals surface area (Å²) in [6.07, 6.45) is 0.169. The van der Waals surface area contributed by atoms with Crippen LogP contribution in [-0.2, 0) is 4.79 Å². The lowest BCUT2D eigenvalue weighted by atomic mass is 10.1. The van der Waals surface area contributed by atoms with Gasteiger partial charge in [0.05, 0.1) is 6.42 Å². The zero-order valence-corrected chi connectivity index (χ0v) is 11.7. The molecule has 0 spiro atoms. The monoisotopic (exact) mass is 246 g/mol. The van der Waals surface area contributed by atoms with Gasteiger partial charge in [0.2, 0.25) is 0 Å². The molecule has 0 bridgehead atoms. The highest BCUT2D eigenvalue weighted by Crippen LogP contribution is 2.08. The first kappa shape index (κ1) is 16.2. The second kappa shape index (κ2) is 8.29. The number of aliphatic carboxylic acids is 1. The summed E-state index contributed by atoms with van der Waals surface area (Å²) in [6.45, 7) is 11.5. The van der Waals surface area contributed by atoms with Crippen LogP contribution in [0.2, 0.25) is 0 Å². The van der Waals surface area contributed by atoms with Crippen molar-refractivity contribution in [1.29, 1.82) is 0 Å². The van der Waals surface area contributed by atoms with Crippen molar-refractivity contribution in [3.05, 3.63) is 53.6 Å². The summed E-state index contributed by atoms with van der Waals surface area (Å²) in [4.78, 5) is 10.1. The van der Waals surface area contributed by atoms with E-state index in [4.69, 9.17) is 5.11 Å². The normalized spacial score (nSPS) is 8.89. The lowest BCUT2D eigenvalue weighted by Gasteiger charge is -1.96. The molecule has 0 aromatic heterocycles. The smallest absolute Gasteiger partial charge is 0.307 e. The molecule has 0 fully saturated rings. The molecule has 0 saturated heterocycles. The number of rotatable bonds is 3. The molecule has 0 heterocycles. The van der Waals surface area contributed by atoms with Gasteiger partial charge < -0.3 is 5.11 Å². The molecule has 0 unspecified atom stereocenters. The van der Waals surface area contributed by atoms with Crippen LogP contribution in [0.4, 0.5) is 0 Å². The van der Waals surface area contributed by atoms with Crippen molar-refractivity contribution in [1.82, 2.24) is 0 Å². The van der Waals surface area contributed by atoms with Gasteiger partial charge in [-0.2, -0.15) is 0 Å². The zero-order chi connectivity index (χ0) is 14.1. The molecule has 0 amide bonds. The Balaban J connectivity index is 0.000000321. The van der Waals surface area contributed by atoms with Crippen molar-refractivity contribution < 1.29 is 9.90 Å². The summed E-state index contributed by atoms with van der Waals surface area (Å²) in [6, 6.07) is 10.2. The van der Waals surface area contributed by atoms with E-state index in [-0.39, 0.29) is 6.42 Å². The molecule has 0 aliphatic rings. The van der Waals surface area contributed by atoms with Crippen molar-refractivity contribution in [2.45, 2.75) is 34.1 Å². The molecule has 98 valence electrons. The summed E-state index contributed by atoms with van der Waals surface area (Å²) < 4.78 is 0. The fourth-order valence-electron chi connectivity index (χ4n) is 1.13. The van der Waals surface area contributed by atoms with Gasteiger partial charge in [-0.25, -0.2) is 0 Å². The van der Waals surface area contributed by atoms with E-state index in [0.717, 1.165) is 16.7 Å². The van der Waals surface area contributed by atoms with Gasteiger partial charge in [0, 0.05) is 0 Å². The maximum Gasteiger partial charge on any atom is 0.307 e. The Morgan fingerprint density at radius 3 is 1.83 bits per heavy atom. The van der Waals surface area contributed by atoms with Crippen molar-refractivity contribution in [2.75, 3.05) is 0 Å². The SMILES string of the molecule is C=C(C)c1ccccc1.CC(C)=C(C)CC(=O)O. The Morgan fingerprint density at radius 2 is 1.61 bits per heavy atom. The van der Waals surface area contributed by atoms with Crippen LogP contribution in [-0.4, -0.2) is 11.1 Å². The molecule has 0 aliphatic heterocycles. The minimum atomic E-state index is -0.756. The topological polar surface area (TPSA) is 37.3 Å². The van der Waals surface area contributed by atoms with E-state index in [9.17, 15) is 4.79 Å². The largest absolute Gasteiger partial charge is 0.481 e. The summed E-state index contributed by atoms with van der Waals surface area (Å²) in [5.74, 6) is -0.756. The van der Waals surface area contributed by atoms with Gasteiger partial charge in [-0.3, -0.25) is 4.79 Å². The lowest BCUT2D eigenvalue weighted by Crippen LogP contribution is -1.95. The second-order valence-electron chi connectivity index (χ2n) is 4.50. The molecule has 2 nitrogen and oxygen atoms in total. The van der Waals surface area contributed by atoms with E-state index < -0.39 is 5.97 Å². The van der Waals surface area contributed by atoms with Crippen LogP contribution >= 0.6 is 0 Å². The molecule has 0 saturated carbocycles. The van der Waals surface area contributed by atoms with Gasteiger partial charge in [0.15, 0.2) is 0 Å². The Kier molecular flexibility index (Phi) is 7.45. The predicted molar refractivity (Wildman–Crippen MR) is 77.5 cm³/mol. The Hall–Kier alpha value is -1.83. The Bertz CT molecular complexity index is 424. The molecule has 1 aromatic carbocycles. The summed E-state index contributed by atoms with van der Waals surface area (Å²) in [7, 11) is 0. The van der Waals surface area contributed by atoms with Crippen LogP contribution in [0.3, 0.4) is 0 Å². The molecule has 0 atom stereocenters. The molecule has 0 radical (unpaired) electrons. The molecule has 1 aromatic rings. The third-order valence-electron chi connectivity index (χ3n) is 2.54. The maximum absolute atomic E-state index is 10.1. The third kappa shape index (κ3) is 7.44. The highest BCUT2D eigenvalue weighted by atomic mass is 16.4. The number of carboxylic acids is 1. The van der Waals surface area contributed by atoms with Crippen molar-refractivity contribution in [3.63, 3.8) is 0 Å². The van der Waals surface area contributed by atoms with Crippen LogP contribution in [0.5, 0.6) is 0 Å². The second-order valence-corrected chi connectivity index (χ2v) is 4.50. The van der Waals surface area contributed by atoms with Gasteiger partial charge in [-0.1, -0.05) is 53.6 Å². The number of allylic oxidation sites excluding steroid dienone is 2. The van der Waals surface area contributed by atoms with Gasteiger partial charge in [0.25, 0.3) is 0 Å². The van der Waals surface area contributed by atoms with Crippen LogP contribution in [0.15, 0.2) is 48.1 Å². The van der Waals surface area contributed by atoms with E-state index in [0.29, 0.717) is 0 Å². The van der Waals surface area contributed by atoms with E-state index in [1.165, 1.54) is 5.56 Å². The predicted octanol–water partition coefficient (Wildman–Crippen LogP) is 4.54. The molecule has 1 N–H and O–H groups in total. The molecule has 1 rings (SSSR count). The van der Waals surface area contributed by atoms with Crippen molar-refractivity contribution >= 4 is 11.5 Å². The summed E-state index contributed by atoms with van der Waals surface area (Å²) in [5.41, 5.74) is 4.38. The Morgan fingerprint density at radius 1 is 1.11 bits per heavy atom. The van der Waals surface area contributed by atoms with Crippen LogP contribution in [0, 0.1) is 0 Å². The van der Waals surface area contributed by atoms with Crippen molar-refractivity contribution in [2.24, 2.45) is 0 Å². The molecular weight excluding hydrogens is 224 g/mol. The van der Waals surface area contributed by atoms with Crippen LogP contribution in [0.25, 0.3) is 5.57 Å².